The average molecular weight is 423 g/mol. The first-order valence-corrected chi connectivity index (χ1v) is 10.6. The second-order valence-corrected chi connectivity index (χ2v) is 8.15. The first-order valence-electron chi connectivity index (χ1n) is 9.83. The Hall–Kier alpha value is -2.93. The molecule has 2 aromatic heterocycles. The van der Waals surface area contributed by atoms with Crippen LogP contribution in [0.2, 0.25) is 0 Å². The quantitative estimate of drug-likeness (QED) is 0.601. The molecule has 1 aliphatic rings. The second-order valence-electron chi connectivity index (χ2n) is 7.04. The highest BCUT2D eigenvalue weighted by Crippen LogP contribution is 2.34. The van der Waals surface area contributed by atoms with E-state index in [0.29, 0.717) is 25.3 Å². The van der Waals surface area contributed by atoms with Gasteiger partial charge in [-0.25, -0.2) is 4.68 Å². The van der Waals surface area contributed by atoms with E-state index in [1.54, 1.807) is 11.8 Å². The smallest absolute Gasteiger partial charge is 0.210 e. The van der Waals surface area contributed by atoms with Crippen LogP contribution < -0.4 is 15.3 Å². The van der Waals surface area contributed by atoms with Gasteiger partial charge in [0, 0.05) is 35.3 Å². The number of aryl methyl sites for hydroxylation is 1. The van der Waals surface area contributed by atoms with Gasteiger partial charge in [0.2, 0.25) is 6.20 Å². The van der Waals surface area contributed by atoms with E-state index in [4.69, 9.17) is 10.5 Å². The Morgan fingerprint density at radius 1 is 1.30 bits per heavy atom. The van der Waals surface area contributed by atoms with Crippen LogP contribution >= 0.6 is 11.8 Å². The van der Waals surface area contributed by atoms with Crippen molar-refractivity contribution in [3.8, 4) is 11.8 Å². The molecular formula is C21H24N7OS+. The van der Waals surface area contributed by atoms with Crippen molar-refractivity contribution in [1.29, 1.82) is 5.26 Å². The third-order valence-corrected chi connectivity index (χ3v) is 5.82. The highest BCUT2D eigenvalue weighted by molar-refractivity contribution is 7.99. The number of nitrogens with two attached hydrogens (primary N) is 1. The summed E-state index contributed by atoms with van der Waals surface area (Å²) in [4.78, 5) is 4.22. The van der Waals surface area contributed by atoms with Crippen LogP contribution in [0.25, 0.3) is 5.69 Å². The fraction of sp³-hybridized carbons (Fsp3) is 0.333. The summed E-state index contributed by atoms with van der Waals surface area (Å²) in [6.45, 7) is 3.66. The number of nitriles is 1. The predicted octanol–water partition coefficient (Wildman–Crippen LogP) is 1.45. The largest absolute Gasteiger partial charge is 0.378 e. The molecule has 3 aromatic rings. The number of ether oxygens (including phenoxy) is 1. The molecule has 1 fully saturated rings. The highest BCUT2D eigenvalue weighted by Gasteiger charge is 2.18. The van der Waals surface area contributed by atoms with Crippen LogP contribution in [0.4, 0.5) is 5.82 Å². The molecule has 8 nitrogen and oxygen atoms in total. The van der Waals surface area contributed by atoms with Crippen LogP contribution in [-0.2, 0) is 18.2 Å². The SMILES string of the molecule is C[n+]1cc(Sc2cc(C#N)ccc2-n2cc(CCN)cn2)cc(N2CCOCC2)n1. The maximum absolute atomic E-state index is 9.39. The number of benzene rings is 1. The summed E-state index contributed by atoms with van der Waals surface area (Å²) in [5, 5.41) is 18.5. The van der Waals surface area contributed by atoms with E-state index < -0.39 is 0 Å². The van der Waals surface area contributed by atoms with Crippen molar-refractivity contribution in [2.45, 2.75) is 16.2 Å². The molecule has 2 N–H and O–H groups in total. The number of morpholine rings is 1. The van der Waals surface area contributed by atoms with Crippen molar-refractivity contribution in [2.24, 2.45) is 12.8 Å². The molecule has 154 valence electrons. The summed E-state index contributed by atoms with van der Waals surface area (Å²) in [6, 6.07) is 9.97. The molecule has 0 atom stereocenters. The van der Waals surface area contributed by atoms with E-state index in [1.165, 1.54) is 0 Å². The number of aromatic nitrogens is 4. The Bertz CT molecular complexity index is 1070. The van der Waals surface area contributed by atoms with Crippen molar-refractivity contribution in [2.75, 3.05) is 37.7 Å². The lowest BCUT2D eigenvalue weighted by molar-refractivity contribution is -0.731. The first-order chi connectivity index (χ1) is 14.7. The third kappa shape index (κ3) is 4.62. The molecule has 1 saturated heterocycles. The van der Waals surface area contributed by atoms with Gasteiger partial charge in [-0.3, -0.25) is 0 Å². The minimum absolute atomic E-state index is 0.582. The molecule has 1 aromatic carbocycles. The molecule has 9 heteroatoms. The second kappa shape index (κ2) is 9.26. The van der Waals surface area contributed by atoms with Crippen molar-refractivity contribution in [1.82, 2.24) is 14.9 Å². The van der Waals surface area contributed by atoms with Crippen molar-refractivity contribution in [3.05, 3.63) is 54.0 Å². The summed E-state index contributed by atoms with van der Waals surface area (Å²) in [5.41, 5.74) is 8.30. The Morgan fingerprint density at radius 3 is 2.90 bits per heavy atom. The summed E-state index contributed by atoms with van der Waals surface area (Å²) >= 11 is 1.60. The highest BCUT2D eigenvalue weighted by atomic mass is 32.2. The third-order valence-electron chi connectivity index (χ3n) is 4.81. The van der Waals surface area contributed by atoms with Crippen LogP contribution in [0.1, 0.15) is 11.1 Å². The molecule has 30 heavy (non-hydrogen) atoms. The summed E-state index contributed by atoms with van der Waals surface area (Å²) in [5.74, 6) is 0.924. The molecule has 1 aliphatic heterocycles. The average Bonchev–Trinajstić information content (AvgIpc) is 3.22. The molecule has 0 radical (unpaired) electrons. The predicted molar refractivity (Wildman–Crippen MR) is 114 cm³/mol. The van der Waals surface area contributed by atoms with Gasteiger partial charge in [-0.15, -0.1) is 0 Å². The Labute approximate surface area is 179 Å². The topological polar surface area (TPSA) is 96.9 Å². The van der Waals surface area contributed by atoms with Gasteiger partial charge in [0.05, 0.1) is 41.6 Å². The van der Waals surface area contributed by atoms with Gasteiger partial charge in [-0.2, -0.15) is 10.4 Å². The zero-order chi connectivity index (χ0) is 20.9. The van der Waals surface area contributed by atoms with Crippen LogP contribution in [-0.4, -0.2) is 47.7 Å². The minimum atomic E-state index is 0.582. The Morgan fingerprint density at radius 2 is 2.13 bits per heavy atom. The van der Waals surface area contributed by atoms with Gasteiger partial charge < -0.3 is 15.4 Å². The summed E-state index contributed by atoms with van der Waals surface area (Å²) in [7, 11) is 1.92. The standard InChI is InChI=1S/C21H24N7OS/c1-26-15-18(11-21(25-26)27-6-8-29-9-7-27)30-20-10-16(12-23)2-3-19(20)28-14-17(4-5-22)13-24-28/h2-3,10-11,13-15H,4-9,22H2,1H3/q+1. The van der Waals surface area contributed by atoms with Gasteiger partial charge >= 0.3 is 0 Å². The molecule has 0 amide bonds. The molecule has 3 heterocycles. The van der Waals surface area contributed by atoms with Crippen LogP contribution in [0.15, 0.2) is 52.6 Å². The number of hydrogen-bond donors (Lipinski definition) is 1. The number of anilines is 1. The van der Waals surface area contributed by atoms with Gasteiger partial charge in [0.1, 0.15) is 0 Å². The van der Waals surface area contributed by atoms with Gasteiger partial charge in [0.25, 0.3) is 0 Å². The van der Waals surface area contributed by atoms with Gasteiger partial charge in [-0.1, -0.05) is 16.4 Å². The molecule has 4 rings (SSSR count). The van der Waals surface area contributed by atoms with Crippen LogP contribution in [0.3, 0.4) is 0 Å². The molecule has 0 spiro atoms. The fourth-order valence-electron chi connectivity index (χ4n) is 3.34. The monoisotopic (exact) mass is 422 g/mol. The number of rotatable bonds is 6. The lowest BCUT2D eigenvalue weighted by atomic mass is 10.2. The first kappa shape index (κ1) is 20.3. The van der Waals surface area contributed by atoms with E-state index in [1.807, 2.05) is 53.2 Å². The van der Waals surface area contributed by atoms with Crippen molar-refractivity contribution >= 4 is 17.6 Å². The van der Waals surface area contributed by atoms with Crippen LogP contribution in [0, 0.1) is 11.3 Å². The number of nitrogens with zero attached hydrogens (tertiary/aromatic N) is 6. The molecular weight excluding hydrogens is 398 g/mol. The molecule has 0 bridgehead atoms. The maximum Gasteiger partial charge on any atom is 0.210 e. The van der Waals surface area contributed by atoms with Gasteiger partial charge in [0.15, 0.2) is 12.9 Å². The maximum atomic E-state index is 9.39. The van der Waals surface area contributed by atoms with Gasteiger partial charge in [-0.05, 0) is 36.7 Å². The van der Waals surface area contributed by atoms with E-state index in [2.05, 4.69) is 27.2 Å². The summed E-state index contributed by atoms with van der Waals surface area (Å²) < 4.78 is 9.13. The molecule has 0 unspecified atom stereocenters. The number of hydrogen-bond acceptors (Lipinski definition) is 7. The van der Waals surface area contributed by atoms with Crippen molar-refractivity contribution < 1.29 is 9.42 Å². The lowest BCUT2D eigenvalue weighted by Crippen LogP contribution is -2.41. The van der Waals surface area contributed by atoms with E-state index in [0.717, 1.165) is 46.4 Å². The van der Waals surface area contributed by atoms with E-state index >= 15 is 0 Å². The normalized spacial score (nSPS) is 14.0. The minimum Gasteiger partial charge on any atom is -0.378 e. The molecule has 0 aliphatic carbocycles. The van der Waals surface area contributed by atoms with E-state index in [-0.39, 0.29) is 0 Å². The summed E-state index contributed by atoms with van der Waals surface area (Å²) in [6.07, 6.45) is 6.59. The van der Waals surface area contributed by atoms with Crippen molar-refractivity contribution in [3.63, 3.8) is 0 Å². The fourth-order valence-corrected chi connectivity index (χ4v) is 4.42. The van der Waals surface area contributed by atoms with Crippen LogP contribution in [0.5, 0.6) is 0 Å². The molecule has 0 saturated carbocycles. The zero-order valence-electron chi connectivity index (χ0n) is 16.9. The van der Waals surface area contributed by atoms with E-state index in [9.17, 15) is 5.26 Å². The zero-order valence-corrected chi connectivity index (χ0v) is 17.7. The lowest BCUT2D eigenvalue weighted by Gasteiger charge is -2.26. The Balaban J connectivity index is 1.68. The Kier molecular flexibility index (Phi) is 6.28.